The van der Waals surface area contributed by atoms with Crippen LogP contribution in [0, 0.1) is 0 Å². The van der Waals surface area contributed by atoms with E-state index in [-0.39, 0.29) is 5.78 Å². The van der Waals surface area contributed by atoms with E-state index in [1.807, 2.05) is 6.92 Å². The second-order valence-electron chi connectivity index (χ2n) is 5.53. The van der Waals surface area contributed by atoms with Gasteiger partial charge in [0, 0.05) is 17.1 Å². The maximum Gasteiger partial charge on any atom is 0.338 e. The Morgan fingerprint density at radius 1 is 1.16 bits per heavy atom. The first-order valence-electron chi connectivity index (χ1n) is 7.83. The Morgan fingerprint density at radius 3 is 2.52 bits per heavy atom. The molecular formula is C18H16ClN3O3. The number of carbonyl (C=O) groups is 2. The van der Waals surface area contributed by atoms with Crippen LogP contribution >= 0.6 is 11.6 Å². The number of benzene rings is 2. The van der Waals surface area contributed by atoms with Gasteiger partial charge in [0.05, 0.1) is 11.1 Å². The van der Waals surface area contributed by atoms with E-state index < -0.39 is 12.1 Å². The predicted octanol–water partition coefficient (Wildman–Crippen LogP) is 3.53. The molecule has 128 valence electrons. The molecule has 1 unspecified atom stereocenters. The molecule has 0 saturated carbocycles. The molecule has 0 bridgehead atoms. The Morgan fingerprint density at radius 2 is 1.84 bits per heavy atom. The third-order valence-corrected chi connectivity index (χ3v) is 4.08. The summed E-state index contributed by atoms with van der Waals surface area (Å²) in [5, 5.41) is 8.56. The summed E-state index contributed by atoms with van der Waals surface area (Å²) in [5.74, 6) is -0.870. The first-order valence-corrected chi connectivity index (χ1v) is 8.21. The lowest BCUT2D eigenvalue weighted by molar-refractivity contribution is 0.0319. The van der Waals surface area contributed by atoms with Crippen LogP contribution in [0.3, 0.4) is 0 Å². The minimum Gasteiger partial charge on any atom is -0.451 e. The van der Waals surface area contributed by atoms with Gasteiger partial charge in [-0.3, -0.25) is 4.79 Å². The van der Waals surface area contributed by atoms with Crippen molar-refractivity contribution in [3.8, 4) is 0 Å². The highest BCUT2D eigenvalue weighted by molar-refractivity contribution is 6.30. The van der Waals surface area contributed by atoms with Crippen LogP contribution in [0.15, 0.2) is 42.5 Å². The van der Waals surface area contributed by atoms with E-state index in [1.165, 1.54) is 0 Å². The molecule has 6 nitrogen and oxygen atoms in total. The number of esters is 1. The van der Waals surface area contributed by atoms with Crippen molar-refractivity contribution in [1.82, 2.24) is 15.0 Å². The molecule has 0 radical (unpaired) electrons. The van der Waals surface area contributed by atoms with Gasteiger partial charge >= 0.3 is 5.97 Å². The zero-order chi connectivity index (χ0) is 18.0. The number of Topliss-reactive ketones (excluding diaryl/α,β-unsaturated/α-hetero) is 1. The molecule has 3 aromatic rings. The third-order valence-electron chi connectivity index (χ3n) is 3.83. The summed E-state index contributed by atoms with van der Waals surface area (Å²) in [6, 6.07) is 11.5. The number of rotatable bonds is 5. The summed E-state index contributed by atoms with van der Waals surface area (Å²) in [6.07, 6.45) is -0.907. The van der Waals surface area contributed by atoms with Crippen molar-refractivity contribution in [2.24, 2.45) is 0 Å². The molecule has 25 heavy (non-hydrogen) atoms. The standard InChI is InChI=1S/C18H16ClN3O3/c1-3-22-16-9-6-13(10-15(16)20-21-22)18(24)25-11(2)17(23)12-4-7-14(19)8-5-12/h4-11H,3H2,1-2H3. The molecule has 0 amide bonds. The van der Waals surface area contributed by atoms with Gasteiger partial charge in [0.25, 0.3) is 0 Å². The number of carbonyl (C=O) groups excluding carboxylic acids is 2. The van der Waals surface area contributed by atoms with Crippen LogP contribution in [-0.4, -0.2) is 32.9 Å². The van der Waals surface area contributed by atoms with E-state index in [1.54, 1.807) is 54.1 Å². The number of ketones is 1. The van der Waals surface area contributed by atoms with E-state index in [9.17, 15) is 9.59 Å². The van der Waals surface area contributed by atoms with Crippen LogP contribution in [0.5, 0.6) is 0 Å². The Labute approximate surface area is 149 Å². The van der Waals surface area contributed by atoms with Crippen molar-refractivity contribution < 1.29 is 14.3 Å². The van der Waals surface area contributed by atoms with Crippen LogP contribution in [0.4, 0.5) is 0 Å². The summed E-state index contributed by atoms with van der Waals surface area (Å²) >= 11 is 5.81. The van der Waals surface area contributed by atoms with Gasteiger partial charge in [-0.2, -0.15) is 0 Å². The number of aromatic nitrogens is 3. The maximum atomic E-state index is 12.3. The fourth-order valence-electron chi connectivity index (χ4n) is 2.46. The number of halogens is 1. The Hall–Kier alpha value is -2.73. The molecule has 0 spiro atoms. The molecule has 7 heteroatoms. The van der Waals surface area contributed by atoms with Crippen LogP contribution in [0.25, 0.3) is 11.0 Å². The number of hydrogen-bond donors (Lipinski definition) is 0. The highest BCUT2D eigenvalue weighted by Gasteiger charge is 2.21. The van der Waals surface area contributed by atoms with Crippen LogP contribution < -0.4 is 0 Å². The lowest BCUT2D eigenvalue weighted by Gasteiger charge is -2.12. The fourth-order valence-corrected chi connectivity index (χ4v) is 2.59. The molecule has 0 N–H and O–H groups in total. The maximum absolute atomic E-state index is 12.3. The summed E-state index contributed by atoms with van der Waals surface area (Å²) < 4.78 is 7.02. The molecule has 1 aromatic heterocycles. The SMILES string of the molecule is CCn1nnc2cc(C(=O)OC(C)C(=O)c3ccc(Cl)cc3)ccc21. The fraction of sp³-hybridized carbons (Fsp3) is 0.222. The van der Waals surface area contributed by atoms with Gasteiger partial charge in [-0.1, -0.05) is 16.8 Å². The largest absolute Gasteiger partial charge is 0.451 e. The Balaban J connectivity index is 1.74. The van der Waals surface area contributed by atoms with E-state index in [0.717, 1.165) is 5.52 Å². The van der Waals surface area contributed by atoms with Gasteiger partial charge in [-0.25, -0.2) is 9.48 Å². The van der Waals surface area contributed by atoms with E-state index in [4.69, 9.17) is 16.3 Å². The number of ether oxygens (including phenoxy) is 1. The van der Waals surface area contributed by atoms with Gasteiger partial charge in [0.1, 0.15) is 5.52 Å². The lowest BCUT2D eigenvalue weighted by atomic mass is 10.1. The average molecular weight is 358 g/mol. The number of fused-ring (bicyclic) bond motifs is 1. The van der Waals surface area contributed by atoms with Crippen LogP contribution in [0.2, 0.25) is 5.02 Å². The lowest BCUT2D eigenvalue weighted by Crippen LogP contribution is -2.24. The highest BCUT2D eigenvalue weighted by atomic mass is 35.5. The zero-order valence-electron chi connectivity index (χ0n) is 13.8. The summed E-state index contributed by atoms with van der Waals surface area (Å²) in [6.45, 7) is 4.19. The number of nitrogens with zero attached hydrogens (tertiary/aromatic N) is 3. The topological polar surface area (TPSA) is 74.1 Å². The first kappa shape index (κ1) is 17.1. The van der Waals surface area contributed by atoms with Gasteiger partial charge < -0.3 is 4.74 Å². The molecule has 2 aromatic carbocycles. The third kappa shape index (κ3) is 3.53. The van der Waals surface area contributed by atoms with E-state index in [2.05, 4.69) is 10.3 Å². The zero-order valence-corrected chi connectivity index (χ0v) is 14.5. The molecule has 1 heterocycles. The quantitative estimate of drug-likeness (QED) is 0.516. The summed E-state index contributed by atoms with van der Waals surface area (Å²) in [5.41, 5.74) is 2.20. The minimum atomic E-state index is -0.907. The van der Waals surface area contributed by atoms with Crippen molar-refractivity contribution in [1.29, 1.82) is 0 Å². The second-order valence-corrected chi connectivity index (χ2v) is 5.96. The highest BCUT2D eigenvalue weighted by Crippen LogP contribution is 2.16. The molecule has 0 aliphatic rings. The second kappa shape index (κ2) is 7.03. The van der Waals surface area contributed by atoms with E-state index in [0.29, 0.717) is 28.2 Å². The first-order chi connectivity index (χ1) is 12.0. The van der Waals surface area contributed by atoms with Gasteiger partial charge in [0.15, 0.2) is 6.10 Å². The molecular weight excluding hydrogens is 342 g/mol. The van der Waals surface area contributed by atoms with Gasteiger partial charge in [-0.15, -0.1) is 5.10 Å². The summed E-state index contributed by atoms with van der Waals surface area (Å²) in [4.78, 5) is 24.6. The predicted molar refractivity (Wildman–Crippen MR) is 93.9 cm³/mol. The molecule has 0 aliphatic heterocycles. The van der Waals surface area contributed by atoms with E-state index >= 15 is 0 Å². The van der Waals surface area contributed by atoms with Gasteiger partial charge in [-0.05, 0) is 56.3 Å². The van der Waals surface area contributed by atoms with Crippen molar-refractivity contribution in [2.75, 3.05) is 0 Å². The van der Waals surface area contributed by atoms with Crippen molar-refractivity contribution in [3.63, 3.8) is 0 Å². The molecule has 0 saturated heterocycles. The number of hydrogen-bond acceptors (Lipinski definition) is 5. The van der Waals surface area contributed by atoms with Crippen LogP contribution in [0.1, 0.15) is 34.6 Å². The summed E-state index contributed by atoms with van der Waals surface area (Å²) in [7, 11) is 0. The monoisotopic (exact) mass is 357 g/mol. The minimum absolute atomic E-state index is 0.289. The van der Waals surface area contributed by atoms with Crippen molar-refractivity contribution in [3.05, 3.63) is 58.6 Å². The van der Waals surface area contributed by atoms with Crippen LogP contribution in [-0.2, 0) is 11.3 Å². The molecule has 3 rings (SSSR count). The Bertz CT molecular complexity index is 934. The average Bonchev–Trinajstić information content (AvgIpc) is 3.03. The molecule has 1 atom stereocenters. The van der Waals surface area contributed by atoms with Crippen molar-refractivity contribution in [2.45, 2.75) is 26.5 Å². The molecule has 0 fully saturated rings. The Kier molecular flexibility index (Phi) is 4.81. The normalized spacial score (nSPS) is 12.1. The molecule has 0 aliphatic carbocycles. The number of aryl methyl sites for hydroxylation is 1. The van der Waals surface area contributed by atoms with Crippen molar-refractivity contribution >= 4 is 34.4 Å². The smallest absolute Gasteiger partial charge is 0.338 e. The van der Waals surface area contributed by atoms with Gasteiger partial charge in [0.2, 0.25) is 5.78 Å².